The summed E-state index contributed by atoms with van der Waals surface area (Å²) in [5.74, 6) is 0.268. The van der Waals surface area contributed by atoms with Gasteiger partial charge in [-0.2, -0.15) is 5.10 Å². The topological polar surface area (TPSA) is 81.3 Å². The van der Waals surface area contributed by atoms with Crippen molar-refractivity contribution >= 4 is 17.4 Å². The number of hydrogen-bond donors (Lipinski definition) is 1. The largest absolute Gasteiger partial charge is 0.308 e. The Hall–Kier alpha value is -3.74. The highest BCUT2D eigenvalue weighted by Gasteiger charge is 2.24. The average molecular weight is 413 g/mol. The minimum Gasteiger partial charge on any atom is -0.308 e. The number of amides is 1. The molecule has 1 aromatic carbocycles. The molecule has 3 aromatic heterocycles. The lowest BCUT2D eigenvalue weighted by molar-refractivity contribution is -0.119. The van der Waals surface area contributed by atoms with Crippen LogP contribution in [0.1, 0.15) is 36.2 Å². The van der Waals surface area contributed by atoms with Gasteiger partial charge in [0.25, 0.3) is 5.56 Å². The van der Waals surface area contributed by atoms with Crippen LogP contribution in [0.4, 0.5) is 5.82 Å². The SMILES string of the molecule is Cc1cccn2c(NC(=O)C(C)n3nc4c(cc3=O)CCC4)c(-c3ccccc3)nc12. The van der Waals surface area contributed by atoms with E-state index in [1.54, 1.807) is 13.0 Å². The van der Waals surface area contributed by atoms with E-state index in [1.807, 2.05) is 60.0 Å². The Labute approximate surface area is 179 Å². The second-order valence-electron chi connectivity index (χ2n) is 7.98. The summed E-state index contributed by atoms with van der Waals surface area (Å²) in [6.45, 7) is 3.68. The lowest BCUT2D eigenvalue weighted by Gasteiger charge is -2.16. The minimum atomic E-state index is -0.752. The zero-order chi connectivity index (χ0) is 21.5. The molecule has 31 heavy (non-hydrogen) atoms. The molecule has 1 amide bonds. The van der Waals surface area contributed by atoms with Crippen molar-refractivity contribution in [2.24, 2.45) is 0 Å². The van der Waals surface area contributed by atoms with Crippen LogP contribution in [0.3, 0.4) is 0 Å². The van der Waals surface area contributed by atoms with Crippen molar-refractivity contribution in [2.75, 3.05) is 5.32 Å². The number of imidazole rings is 1. The number of fused-ring (bicyclic) bond motifs is 2. The fourth-order valence-corrected chi connectivity index (χ4v) is 4.15. The molecule has 1 atom stereocenters. The van der Waals surface area contributed by atoms with E-state index >= 15 is 0 Å². The van der Waals surface area contributed by atoms with Gasteiger partial charge >= 0.3 is 0 Å². The van der Waals surface area contributed by atoms with E-state index in [2.05, 4.69) is 10.4 Å². The van der Waals surface area contributed by atoms with Crippen LogP contribution in [0, 0.1) is 6.92 Å². The van der Waals surface area contributed by atoms with Gasteiger partial charge in [0.15, 0.2) is 0 Å². The Morgan fingerprint density at radius 2 is 1.94 bits per heavy atom. The van der Waals surface area contributed by atoms with Crippen molar-refractivity contribution < 1.29 is 4.79 Å². The van der Waals surface area contributed by atoms with Gasteiger partial charge in [0.05, 0.1) is 5.69 Å². The van der Waals surface area contributed by atoms with Gasteiger partial charge in [-0.15, -0.1) is 0 Å². The smallest absolute Gasteiger partial charge is 0.267 e. The molecule has 1 unspecified atom stereocenters. The van der Waals surface area contributed by atoms with Crippen LogP contribution < -0.4 is 10.9 Å². The van der Waals surface area contributed by atoms with E-state index in [4.69, 9.17) is 4.98 Å². The number of aromatic nitrogens is 4. The molecule has 5 rings (SSSR count). The standard InChI is InChI=1S/C24H23N5O2/c1-15-8-7-13-28-22(15)25-21(17-9-4-3-5-10-17)23(28)26-24(31)16(2)29-20(30)14-18-11-6-12-19(18)27-29/h3-5,7-10,13-14,16H,6,11-12H2,1-2H3,(H,26,31). The number of carbonyl (C=O) groups is 1. The van der Waals surface area contributed by atoms with Crippen molar-refractivity contribution in [1.29, 1.82) is 0 Å². The molecule has 0 aliphatic heterocycles. The summed E-state index contributed by atoms with van der Waals surface area (Å²) in [7, 11) is 0. The molecule has 156 valence electrons. The molecular weight excluding hydrogens is 390 g/mol. The Morgan fingerprint density at radius 1 is 1.13 bits per heavy atom. The maximum atomic E-state index is 13.2. The predicted octanol–water partition coefficient (Wildman–Crippen LogP) is 3.55. The normalized spacial score (nSPS) is 13.9. The van der Waals surface area contributed by atoms with Gasteiger partial charge < -0.3 is 5.32 Å². The first-order valence-corrected chi connectivity index (χ1v) is 10.5. The van der Waals surface area contributed by atoms with Crippen molar-refractivity contribution in [2.45, 2.75) is 39.2 Å². The van der Waals surface area contributed by atoms with Gasteiger partial charge in [-0.05, 0) is 50.3 Å². The fourth-order valence-electron chi connectivity index (χ4n) is 4.15. The van der Waals surface area contributed by atoms with Crippen LogP contribution in [0.25, 0.3) is 16.9 Å². The maximum absolute atomic E-state index is 13.2. The van der Waals surface area contributed by atoms with Crippen molar-refractivity contribution in [3.8, 4) is 11.3 Å². The Kier molecular flexibility index (Phi) is 4.66. The van der Waals surface area contributed by atoms with E-state index < -0.39 is 6.04 Å². The number of carbonyl (C=O) groups excluding carboxylic acids is 1. The van der Waals surface area contributed by atoms with E-state index in [0.29, 0.717) is 11.5 Å². The second kappa shape index (κ2) is 7.50. The molecular formula is C24H23N5O2. The number of hydrogen-bond acceptors (Lipinski definition) is 4. The highest BCUT2D eigenvalue weighted by Crippen LogP contribution is 2.30. The van der Waals surface area contributed by atoms with Crippen LogP contribution in [0.15, 0.2) is 59.5 Å². The summed E-state index contributed by atoms with van der Waals surface area (Å²) in [4.78, 5) is 30.6. The molecule has 1 aliphatic carbocycles. The third-order valence-corrected chi connectivity index (χ3v) is 5.86. The Balaban J connectivity index is 1.55. The fraction of sp³-hybridized carbons (Fsp3) is 0.250. The van der Waals surface area contributed by atoms with Crippen LogP contribution in [-0.2, 0) is 17.6 Å². The number of rotatable bonds is 4. The Bertz CT molecular complexity index is 1350. The van der Waals surface area contributed by atoms with E-state index in [9.17, 15) is 9.59 Å². The summed E-state index contributed by atoms with van der Waals surface area (Å²) in [6.07, 6.45) is 4.59. The van der Waals surface area contributed by atoms with Gasteiger partial charge in [0.1, 0.15) is 23.2 Å². The predicted molar refractivity (Wildman–Crippen MR) is 119 cm³/mol. The van der Waals surface area contributed by atoms with Gasteiger partial charge in [-0.25, -0.2) is 9.67 Å². The lowest BCUT2D eigenvalue weighted by Crippen LogP contribution is -2.34. The van der Waals surface area contributed by atoms with Gasteiger partial charge in [-0.3, -0.25) is 14.0 Å². The number of benzene rings is 1. The molecule has 4 aromatic rings. The summed E-state index contributed by atoms with van der Waals surface area (Å²) in [5, 5.41) is 7.50. The van der Waals surface area contributed by atoms with Crippen molar-refractivity contribution in [3.63, 3.8) is 0 Å². The molecule has 0 spiro atoms. The van der Waals surface area contributed by atoms with Gasteiger partial charge in [-0.1, -0.05) is 36.4 Å². The number of pyridine rings is 1. The summed E-state index contributed by atoms with van der Waals surface area (Å²) < 4.78 is 3.16. The molecule has 1 N–H and O–H groups in total. The molecule has 0 fully saturated rings. The first kappa shape index (κ1) is 19.2. The molecule has 0 bridgehead atoms. The molecule has 0 radical (unpaired) electrons. The Morgan fingerprint density at radius 3 is 2.74 bits per heavy atom. The highest BCUT2D eigenvalue weighted by molar-refractivity contribution is 5.96. The monoisotopic (exact) mass is 413 g/mol. The van der Waals surface area contributed by atoms with Crippen LogP contribution in [0.5, 0.6) is 0 Å². The number of aryl methyl sites for hydroxylation is 3. The number of nitrogens with zero attached hydrogens (tertiary/aromatic N) is 4. The molecule has 7 heteroatoms. The van der Waals surface area contributed by atoms with E-state index in [1.165, 1.54) is 4.68 Å². The zero-order valence-electron chi connectivity index (χ0n) is 17.5. The van der Waals surface area contributed by atoms with Gasteiger partial charge in [0, 0.05) is 17.8 Å². The molecule has 0 saturated heterocycles. The molecule has 1 aliphatic rings. The second-order valence-corrected chi connectivity index (χ2v) is 7.98. The van der Waals surface area contributed by atoms with Crippen LogP contribution in [-0.4, -0.2) is 25.1 Å². The first-order chi connectivity index (χ1) is 15.0. The summed E-state index contributed by atoms with van der Waals surface area (Å²) in [6, 6.07) is 14.5. The number of nitrogens with one attached hydrogen (secondary N) is 1. The van der Waals surface area contributed by atoms with Gasteiger partial charge in [0.2, 0.25) is 5.91 Å². The van der Waals surface area contributed by atoms with Crippen LogP contribution >= 0.6 is 0 Å². The van der Waals surface area contributed by atoms with E-state index in [0.717, 1.165) is 47.3 Å². The quantitative estimate of drug-likeness (QED) is 0.555. The van der Waals surface area contributed by atoms with Crippen LogP contribution in [0.2, 0.25) is 0 Å². The maximum Gasteiger partial charge on any atom is 0.267 e. The third-order valence-electron chi connectivity index (χ3n) is 5.86. The molecule has 0 saturated carbocycles. The summed E-state index contributed by atoms with van der Waals surface area (Å²) >= 11 is 0. The van der Waals surface area contributed by atoms with Crippen molar-refractivity contribution in [3.05, 3.63) is 81.9 Å². The average Bonchev–Trinajstić information content (AvgIpc) is 3.38. The number of anilines is 1. The zero-order valence-corrected chi connectivity index (χ0v) is 17.5. The van der Waals surface area contributed by atoms with E-state index in [-0.39, 0.29) is 11.5 Å². The minimum absolute atomic E-state index is 0.249. The highest BCUT2D eigenvalue weighted by atomic mass is 16.2. The van der Waals surface area contributed by atoms with Crippen molar-refractivity contribution in [1.82, 2.24) is 19.2 Å². The third kappa shape index (κ3) is 3.32. The lowest BCUT2D eigenvalue weighted by atomic mass is 10.1. The molecule has 3 heterocycles. The molecule has 7 nitrogen and oxygen atoms in total. The summed E-state index contributed by atoms with van der Waals surface area (Å²) in [5.41, 5.74) is 5.03. The first-order valence-electron chi connectivity index (χ1n) is 10.5.